The monoisotopic (exact) mass is 374 g/mol. The molecule has 1 N–H and O–H groups in total. The smallest absolute Gasteiger partial charge is 0.449 e. The predicted molar refractivity (Wildman–Crippen MR) is 102 cm³/mol. The van der Waals surface area contributed by atoms with Gasteiger partial charge < -0.3 is 19.6 Å². The van der Waals surface area contributed by atoms with Crippen LogP contribution in [-0.4, -0.2) is 58.4 Å². The number of ether oxygens (including phenoxy) is 1. The highest BCUT2D eigenvalue weighted by Crippen LogP contribution is 2.34. The van der Waals surface area contributed by atoms with Crippen LogP contribution in [-0.2, 0) is 0 Å². The zero-order valence-electron chi connectivity index (χ0n) is 15.9. The number of nitrogens with zero attached hydrogens (tertiary/aromatic N) is 4. The van der Waals surface area contributed by atoms with E-state index in [0.29, 0.717) is 0 Å². The van der Waals surface area contributed by atoms with E-state index in [1.807, 2.05) is 0 Å². The van der Waals surface area contributed by atoms with Gasteiger partial charge in [0.1, 0.15) is 5.82 Å². The van der Waals surface area contributed by atoms with Crippen molar-refractivity contribution in [3.63, 3.8) is 0 Å². The summed E-state index contributed by atoms with van der Waals surface area (Å²) in [5.74, 6) is 2.56. The Morgan fingerprint density at radius 3 is 2.19 bits per heavy atom. The molecule has 27 heavy (non-hydrogen) atoms. The van der Waals surface area contributed by atoms with Crippen LogP contribution in [0.1, 0.15) is 51.4 Å². The van der Waals surface area contributed by atoms with Gasteiger partial charge in [0.05, 0.1) is 12.4 Å². The summed E-state index contributed by atoms with van der Waals surface area (Å²) in [6, 6.07) is 0.905. The van der Waals surface area contributed by atoms with E-state index in [-0.39, 0.29) is 5.88 Å². The summed E-state index contributed by atoms with van der Waals surface area (Å²) in [5.41, 5.74) is 0. The van der Waals surface area contributed by atoms with Gasteiger partial charge in [-0.3, -0.25) is 0 Å². The van der Waals surface area contributed by atoms with Crippen molar-refractivity contribution in [3.05, 3.63) is 12.4 Å². The van der Waals surface area contributed by atoms with Gasteiger partial charge in [0.15, 0.2) is 0 Å². The quantitative estimate of drug-likeness (QED) is 0.791. The van der Waals surface area contributed by atoms with E-state index < -0.39 is 6.16 Å². The molecule has 0 bridgehead atoms. The Morgan fingerprint density at radius 2 is 1.67 bits per heavy atom. The molecule has 2 saturated heterocycles. The summed E-state index contributed by atoms with van der Waals surface area (Å²) < 4.78 is 4.51. The van der Waals surface area contributed by atoms with Crippen molar-refractivity contribution in [3.8, 4) is 5.88 Å². The lowest BCUT2D eigenvalue weighted by Crippen LogP contribution is -2.45. The molecule has 148 valence electrons. The van der Waals surface area contributed by atoms with E-state index in [2.05, 4.69) is 24.5 Å². The summed E-state index contributed by atoms with van der Waals surface area (Å²) >= 11 is 0. The minimum Gasteiger partial charge on any atom is -0.449 e. The van der Waals surface area contributed by atoms with Crippen LogP contribution < -0.4 is 9.64 Å². The fourth-order valence-electron chi connectivity index (χ4n) is 4.79. The maximum Gasteiger partial charge on any atom is 0.512 e. The maximum absolute atomic E-state index is 10.5. The zero-order chi connectivity index (χ0) is 18.6. The van der Waals surface area contributed by atoms with E-state index in [1.54, 1.807) is 6.20 Å². The van der Waals surface area contributed by atoms with Crippen LogP contribution >= 0.6 is 0 Å². The molecular formula is C20H30N4O3. The zero-order valence-corrected chi connectivity index (χ0v) is 15.9. The Kier molecular flexibility index (Phi) is 5.76. The van der Waals surface area contributed by atoms with Gasteiger partial charge in [0, 0.05) is 19.1 Å². The SMILES string of the molecule is O=C(O)Oc1cnc(N2CCC(CC3CCN(C4CCC4)CC3)CC2)cn1. The highest BCUT2D eigenvalue weighted by Gasteiger charge is 2.30. The second-order valence-corrected chi connectivity index (χ2v) is 8.31. The van der Waals surface area contributed by atoms with Crippen molar-refractivity contribution in [2.24, 2.45) is 11.8 Å². The number of anilines is 1. The lowest BCUT2D eigenvalue weighted by Gasteiger charge is -2.42. The summed E-state index contributed by atoms with van der Waals surface area (Å²) in [5, 5.41) is 8.60. The average Bonchev–Trinajstić information content (AvgIpc) is 2.63. The maximum atomic E-state index is 10.5. The van der Waals surface area contributed by atoms with Gasteiger partial charge in [-0.05, 0) is 69.9 Å². The van der Waals surface area contributed by atoms with Crippen molar-refractivity contribution in [2.75, 3.05) is 31.1 Å². The van der Waals surface area contributed by atoms with Crippen molar-refractivity contribution < 1.29 is 14.6 Å². The molecule has 1 aromatic heterocycles. The Bertz CT molecular complexity index is 619. The van der Waals surface area contributed by atoms with Crippen LogP contribution in [0.15, 0.2) is 12.4 Å². The number of carboxylic acid groups (broad SMARTS) is 1. The number of rotatable bonds is 5. The molecule has 0 aromatic carbocycles. The Morgan fingerprint density at radius 1 is 1.00 bits per heavy atom. The minimum absolute atomic E-state index is 0.0226. The highest BCUT2D eigenvalue weighted by molar-refractivity contribution is 5.60. The Labute approximate surface area is 160 Å². The highest BCUT2D eigenvalue weighted by atomic mass is 16.7. The summed E-state index contributed by atoms with van der Waals surface area (Å²) in [6.07, 6.45) is 12.5. The van der Waals surface area contributed by atoms with Gasteiger partial charge in [-0.15, -0.1) is 0 Å². The summed E-state index contributed by atoms with van der Waals surface area (Å²) in [6.45, 7) is 4.63. The normalized spacial score (nSPS) is 23.2. The second-order valence-electron chi connectivity index (χ2n) is 8.31. The first-order chi connectivity index (χ1) is 13.2. The molecule has 1 saturated carbocycles. The Balaban J connectivity index is 1.19. The fraction of sp³-hybridized carbons (Fsp3) is 0.750. The van der Waals surface area contributed by atoms with E-state index in [9.17, 15) is 4.79 Å². The van der Waals surface area contributed by atoms with Crippen molar-refractivity contribution in [1.29, 1.82) is 0 Å². The number of piperidine rings is 2. The molecule has 3 fully saturated rings. The third-order valence-electron chi connectivity index (χ3n) is 6.65. The van der Waals surface area contributed by atoms with Crippen LogP contribution in [0, 0.1) is 11.8 Å². The molecular weight excluding hydrogens is 344 g/mol. The predicted octanol–water partition coefficient (Wildman–Crippen LogP) is 3.40. The standard InChI is InChI=1S/C20H30N4O3/c25-20(26)27-19-14-21-18(13-22-19)24-10-6-16(7-11-24)12-15-4-8-23(9-5-15)17-2-1-3-17/h13-17H,1-12H2,(H,25,26). The van der Waals surface area contributed by atoms with Crippen molar-refractivity contribution in [1.82, 2.24) is 14.9 Å². The molecule has 7 heteroatoms. The molecule has 0 unspecified atom stereocenters. The third-order valence-corrected chi connectivity index (χ3v) is 6.65. The van der Waals surface area contributed by atoms with Crippen LogP contribution in [0.2, 0.25) is 0 Å². The molecule has 3 aliphatic rings. The van der Waals surface area contributed by atoms with Gasteiger partial charge in [0.25, 0.3) is 0 Å². The number of aromatic nitrogens is 2. The van der Waals surface area contributed by atoms with Crippen LogP contribution in [0.25, 0.3) is 0 Å². The molecule has 7 nitrogen and oxygen atoms in total. The first kappa shape index (κ1) is 18.5. The third kappa shape index (κ3) is 4.69. The second kappa shape index (κ2) is 8.42. The van der Waals surface area contributed by atoms with E-state index in [4.69, 9.17) is 5.11 Å². The molecule has 1 aromatic rings. The number of hydrogen-bond acceptors (Lipinski definition) is 6. The minimum atomic E-state index is -1.36. The molecule has 3 heterocycles. The van der Waals surface area contributed by atoms with Crippen LogP contribution in [0.3, 0.4) is 0 Å². The number of likely N-dealkylation sites (tertiary alicyclic amines) is 1. The van der Waals surface area contributed by atoms with Crippen LogP contribution in [0.5, 0.6) is 5.88 Å². The molecule has 4 rings (SSSR count). The van der Waals surface area contributed by atoms with Crippen LogP contribution in [0.4, 0.5) is 10.6 Å². The van der Waals surface area contributed by atoms with E-state index >= 15 is 0 Å². The van der Waals surface area contributed by atoms with Gasteiger partial charge in [-0.25, -0.2) is 14.8 Å². The number of carbonyl (C=O) groups is 1. The fourth-order valence-corrected chi connectivity index (χ4v) is 4.79. The van der Waals surface area contributed by atoms with Gasteiger partial charge in [-0.2, -0.15) is 0 Å². The first-order valence-corrected chi connectivity index (χ1v) is 10.4. The molecule has 0 atom stereocenters. The molecule has 0 amide bonds. The molecule has 2 aliphatic heterocycles. The molecule has 0 radical (unpaired) electrons. The lowest BCUT2D eigenvalue weighted by molar-refractivity contribution is 0.0772. The van der Waals surface area contributed by atoms with Gasteiger partial charge >= 0.3 is 6.16 Å². The topological polar surface area (TPSA) is 78.8 Å². The molecule has 0 spiro atoms. The summed E-state index contributed by atoms with van der Waals surface area (Å²) in [7, 11) is 0. The number of hydrogen-bond donors (Lipinski definition) is 1. The van der Waals surface area contributed by atoms with Crippen molar-refractivity contribution in [2.45, 2.75) is 57.4 Å². The Hall–Kier alpha value is -1.89. The van der Waals surface area contributed by atoms with E-state index in [0.717, 1.165) is 36.8 Å². The summed E-state index contributed by atoms with van der Waals surface area (Å²) in [4.78, 5) is 23.8. The molecule has 1 aliphatic carbocycles. The van der Waals surface area contributed by atoms with Crippen molar-refractivity contribution >= 4 is 12.0 Å². The van der Waals surface area contributed by atoms with Gasteiger partial charge in [0.2, 0.25) is 5.88 Å². The first-order valence-electron chi connectivity index (χ1n) is 10.4. The lowest BCUT2D eigenvalue weighted by atomic mass is 9.81. The largest absolute Gasteiger partial charge is 0.512 e. The van der Waals surface area contributed by atoms with Gasteiger partial charge in [-0.1, -0.05) is 6.42 Å². The van der Waals surface area contributed by atoms with E-state index in [1.165, 1.54) is 70.7 Å². The average molecular weight is 374 g/mol.